The Morgan fingerprint density at radius 3 is 2.75 bits per heavy atom. The Labute approximate surface area is 118 Å². The Kier molecular flexibility index (Phi) is 3.97. The van der Waals surface area contributed by atoms with Crippen molar-refractivity contribution in [2.24, 2.45) is 5.41 Å². The monoisotopic (exact) mass is 276 g/mol. The number of nitrogens with one attached hydrogen (secondary N) is 1. The molecular weight excluding hydrogens is 256 g/mol. The second kappa shape index (κ2) is 5.53. The van der Waals surface area contributed by atoms with Crippen LogP contribution in [0, 0.1) is 5.41 Å². The number of carbonyl (C=O) groups excluding carboxylic acids is 1. The molecular formula is C15H20N2O3. The average Bonchev–Trinajstić information content (AvgIpc) is 2.88. The zero-order valence-corrected chi connectivity index (χ0v) is 11.8. The van der Waals surface area contributed by atoms with E-state index in [1.807, 2.05) is 31.2 Å². The van der Waals surface area contributed by atoms with E-state index in [9.17, 15) is 14.7 Å². The smallest absolute Gasteiger partial charge is 0.321 e. The zero-order valence-electron chi connectivity index (χ0n) is 11.8. The van der Waals surface area contributed by atoms with Crippen molar-refractivity contribution in [3.05, 3.63) is 29.8 Å². The number of carboxylic acid groups (broad SMARTS) is 1. The van der Waals surface area contributed by atoms with Gasteiger partial charge in [0.05, 0.1) is 5.41 Å². The van der Waals surface area contributed by atoms with Crippen molar-refractivity contribution in [3.8, 4) is 0 Å². The maximum Gasteiger partial charge on any atom is 0.321 e. The topological polar surface area (TPSA) is 69.6 Å². The number of para-hydroxylation sites is 1. The maximum atomic E-state index is 12.2. The molecule has 0 saturated carbocycles. The fourth-order valence-corrected chi connectivity index (χ4v) is 2.27. The number of carbonyl (C=O) groups is 2. The van der Waals surface area contributed by atoms with Crippen LogP contribution in [0.1, 0.15) is 25.8 Å². The van der Waals surface area contributed by atoms with Gasteiger partial charge in [0.1, 0.15) is 0 Å². The first-order chi connectivity index (χ1) is 9.48. The third kappa shape index (κ3) is 2.61. The molecule has 1 unspecified atom stereocenters. The summed E-state index contributed by atoms with van der Waals surface area (Å²) in [6.07, 6.45) is 1.31. The lowest BCUT2D eigenvalue weighted by Crippen LogP contribution is -2.46. The van der Waals surface area contributed by atoms with Crippen LogP contribution in [0.3, 0.4) is 0 Å². The largest absolute Gasteiger partial charge is 0.481 e. The van der Waals surface area contributed by atoms with Gasteiger partial charge in [0.15, 0.2) is 0 Å². The van der Waals surface area contributed by atoms with Gasteiger partial charge in [0, 0.05) is 18.8 Å². The Hall–Kier alpha value is -2.04. The molecule has 0 bridgehead atoms. The number of hydrogen-bond donors (Lipinski definition) is 2. The first-order valence-electron chi connectivity index (χ1n) is 6.84. The minimum absolute atomic E-state index is 0.135. The molecule has 1 aliphatic rings. The molecule has 0 aliphatic carbocycles. The highest BCUT2D eigenvalue weighted by atomic mass is 16.4. The molecule has 0 saturated heterocycles. The lowest BCUT2D eigenvalue weighted by Gasteiger charge is -2.25. The standard InChI is InChI=1S/C15H20N2O3/c1-3-15(2,13(18)19)10-16-14(20)17-9-8-11-6-4-5-7-12(11)17/h4-7H,3,8-10H2,1-2H3,(H,16,20)(H,18,19). The van der Waals surface area contributed by atoms with Gasteiger partial charge in [-0.15, -0.1) is 0 Å². The molecule has 5 heteroatoms. The summed E-state index contributed by atoms with van der Waals surface area (Å²) < 4.78 is 0. The Morgan fingerprint density at radius 1 is 1.40 bits per heavy atom. The quantitative estimate of drug-likeness (QED) is 0.886. The molecule has 1 aromatic carbocycles. The van der Waals surface area contributed by atoms with Crippen molar-refractivity contribution in [1.82, 2.24) is 5.32 Å². The summed E-state index contributed by atoms with van der Waals surface area (Å²) in [5, 5.41) is 11.9. The normalized spacial score (nSPS) is 16.4. The molecule has 2 amide bonds. The highest BCUT2D eigenvalue weighted by molar-refractivity contribution is 5.94. The molecule has 1 heterocycles. The van der Waals surface area contributed by atoms with Crippen LogP contribution in [0.2, 0.25) is 0 Å². The van der Waals surface area contributed by atoms with Crippen LogP contribution in [-0.4, -0.2) is 30.2 Å². The van der Waals surface area contributed by atoms with Crippen molar-refractivity contribution in [2.75, 3.05) is 18.0 Å². The second-order valence-electron chi connectivity index (χ2n) is 5.41. The van der Waals surface area contributed by atoms with E-state index >= 15 is 0 Å². The molecule has 5 nitrogen and oxygen atoms in total. The first-order valence-corrected chi connectivity index (χ1v) is 6.84. The van der Waals surface area contributed by atoms with Crippen molar-refractivity contribution in [2.45, 2.75) is 26.7 Å². The van der Waals surface area contributed by atoms with Gasteiger partial charge in [-0.05, 0) is 31.4 Å². The van der Waals surface area contributed by atoms with Crippen LogP contribution in [0.5, 0.6) is 0 Å². The number of hydrogen-bond acceptors (Lipinski definition) is 2. The van der Waals surface area contributed by atoms with Crippen LogP contribution in [-0.2, 0) is 11.2 Å². The third-order valence-corrected chi connectivity index (χ3v) is 4.06. The van der Waals surface area contributed by atoms with E-state index in [0.717, 1.165) is 17.7 Å². The lowest BCUT2D eigenvalue weighted by molar-refractivity contribution is -0.147. The van der Waals surface area contributed by atoms with E-state index in [0.29, 0.717) is 13.0 Å². The summed E-state index contributed by atoms with van der Waals surface area (Å²) in [4.78, 5) is 25.1. The van der Waals surface area contributed by atoms with Crippen molar-refractivity contribution < 1.29 is 14.7 Å². The first kappa shape index (κ1) is 14.4. The molecule has 2 rings (SSSR count). The molecule has 1 atom stereocenters. The predicted molar refractivity (Wildman–Crippen MR) is 76.9 cm³/mol. The van der Waals surface area contributed by atoms with Gasteiger partial charge in [0.2, 0.25) is 0 Å². The molecule has 2 N–H and O–H groups in total. The average molecular weight is 276 g/mol. The summed E-state index contributed by atoms with van der Waals surface area (Å²) in [5.41, 5.74) is 1.15. The SMILES string of the molecule is CCC(C)(CNC(=O)N1CCc2ccccc21)C(=O)O. The van der Waals surface area contributed by atoms with E-state index in [4.69, 9.17) is 0 Å². The highest BCUT2D eigenvalue weighted by Gasteiger charge is 2.33. The number of anilines is 1. The minimum atomic E-state index is -0.922. The number of amides is 2. The Bertz CT molecular complexity index is 530. The van der Waals surface area contributed by atoms with E-state index in [-0.39, 0.29) is 12.6 Å². The van der Waals surface area contributed by atoms with E-state index in [1.165, 1.54) is 0 Å². The number of aliphatic carboxylic acids is 1. The zero-order chi connectivity index (χ0) is 14.8. The molecule has 1 aromatic rings. The summed E-state index contributed by atoms with van der Waals surface area (Å²) in [5.74, 6) is -0.887. The van der Waals surface area contributed by atoms with Gasteiger partial charge in [-0.1, -0.05) is 25.1 Å². The van der Waals surface area contributed by atoms with Crippen molar-refractivity contribution >= 4 is 17.7 Å². The van der Waals surface area contributed by atoms with Crippen molar-refractivity contribution in [1.29, 1.82) is 0 Å². The molecule has 0 aromatic heterocycles. The van der Waals surface area contributed by atoms with E-state index < -0.39 is 11.4 Å². The van der Waals surface area contributed by atoms with Crippen LogP contribution < -0.4 is 10.2 Å². The van der Waals surface area contributed by atoms with Crippen LogP contribution in [0.15, 0.2) is 24.3 Å². The van der Waals surface area contributed by atoms with Crippen LogP contribution in [0.25, 0.3) is 0 Å². The number of benzene rings is 1. The van der Waals surface area contributed by atoms with Gasteiger partial charge in [-0.2, -0.15) is 0 Å². The number of carboxylic acids is 1. The van der Waals surface area contributed by atoms with E-state index in [2.05, 4.69) is 5.32 Å². The number of nitrogens with zero attached hydrogens (tertiary/aromatic N) is 1. The van der Waals surface area contributed by atoms with Crippen LogP contribution >= 0.6 is 0 Å². The number of rotatable bonds is 4. The summed E-state index contributed by atoms with van der Waals surface area (Å²) >= 11 is 0. The molecule has 108 valence electrons. The Morgan fingerprint density at radius 2 is 2.10 bits per heavy atom. The van der Waals surface area contributed by atoms with Crippen LogP contribution in [0.4, 0.5) is 10.5 Å². The summed E-state index contributed by atoms with van der Waals surface area (Å²) in [6, 6.07) is 7.56. The van der Waals surface area contributed by atoms with Gasteiger partial charge < -0.3 is 10.4 Å². The Balaban J connectivity index is 2.02. The minimum Gasteiger partial charge on any atom is -0.481 e. The fourth-order valence-electron chi connectivity index (χ4n) is 2.27. The lowest BCUT2D eigenvalue weighted by atomic mass is 9.88. The molecule has 0 fully saturated rings. The predicted octanol–water partition coefficient (Wildman–Crippen LogP) is 2.26. The summed E-state index contributed by atoms with van der Waals surface area (Å²) in [6.45, 7) is 4.23. The van der Waals surface area contributed by atoms with Gasteiger partial charge in [-0.25, -0.2) is 4.79 Å². The maximum absolute atomic E-state index is 12.2. The second-order valence-corrected chi connectivity index (χ2v) is 5.41. The number of fused-ring (bicyclic) bond motifs is 1. The third-order valence-electron chi connectivity index (χ3n) is 4.06. The molecule has 0 spiro atoms. The molecule has 20 heavy (non-hydrogen) atoms. The van der Waals surface area contributed by atoms with Crippen molar-refractivity contribution in [3.63, 3.8) is 0 Å². The van der Waals surface area contributed by atoms with Gasteiger partial charge >= 0.3 is 12.0 Å². The van der Waals surface area contributed by atoms with E-state index in [1.54, 1.807) is 11.8 Å². The summed E-state index contributed by atoms with van der Waals surface area (Å²) in [7, 11) is 0. The van der Waals surface area contributed by atoms with Gasteiger partial charge in [0.25, 0.3) is 0 Å². The molecule has 0 radical (unpaired) electrons. The van der Waals surface area contributed by atoms with Gasteiger partial charge in [-0.3, -0.25) is 9.69 Å². The molecule has 1 aliphatic heterocycles. The fraction of sp³-hybridized carbons (Fsp3) is 0.467. The highest BCUT2D eigenvalue weighted by Crippen LogP contribution is 2.27. The number of urea groups is 1.